The van der Waals surface area contributed by atoms with E-state index < -0.39 is 0 Å². The predicted molar refractivity (Wildman–Crippen MR) is 122 cm³/mol. The zero-order valence-electron chi connectivity index (χ0n) is 16.9. The van der Waals surface area contributed by atoms with Gasteiger partial charge < -0.3 is 10.7 Å². The van der Waals surface area contributed by atoms with Gasteiger partial charge in [-0.2, -0.15) is 10.4 Å². The molecule has 31 heavy (non-hydrogen) atoms. The molecule has 5 aromatic rings. The van der Waals surface area contributed by atoms with Crippen molar-refractivity contribution in [3.05, 3.63) is 88.5 Å². The second-order valence-electron chi connectivity index (χ2n) is 7.46. The molecule has 0 saturated heterocycles. The molecule has 0 aliphatic rings. The number of aryl methyl sites for hydroxylation is 1. The lowest BCUT2D eigenvalue weighted by Crippen LogP contribution is -2.09. The normalized spacial score (nSPS) is 11.1. The highest BCUT2D eigenvalue weighted by Gasteiger charge is 2.18. The van der Waals surface area contributed by atoms with E-state index in [9.17, 15) is 10.1 Å². The van der Waals surface area contributed by atoms with Crippen molar-refractivity contribution >= 4 is 21.5 Å². The van der Waals surface area contributed by atoms with Crippen molar-refractivity contribution in [3.63, 3.8) is 0 Å². The maximum Gasteiger partial charge on any atom is 0.255 e. The van der Waals surface area contributed by atoms with Gasteiger partial charge in [-0.1, -0.05) is 42.5 Å². The first-order chi connectivity index (χ1) is 15.1. The van der Waals surface area contributed by atoms with Crippen LogP contribution in [0.15, 0.2) is 71.8 Å². The van der Waals surface area contributed by atoms with E-state index in [2.05, 4.69) is 16.2 Å². The molecule has 0 atom stereocenters. The monoisotopic (exact) mass is 405 g/mol. The summed E-state index contributed by atoms with van der Waals surface area (Å²) in [6.45, 7) is 0.319. The van der Waals surface area contributed by atoms with Gasteiger partial charge in [0.1, 0.15) is 6.07 Å². The Labute approximate surface area is 178 Å². The van der Waals surface area contributed by atoms with Crippen LogP contribution in [0.4, 0.5) is 0 Å². The number of aromatic amines is 1. The van der Waals surface area contributed by atoms with Crippen LogP contribution in [0.3, 0.4) is 0 Å². The van der Waals surface area contributed by atoms with Crippen LogP contribution in [0.1, 0.15) is 11.1 Å². The maximum atomic E-state index is 12.2. The summed E-state index contributed by atoms with van der Waals surface area (Å²) in [5, 5.41) is 17.8. The number of pyridine rings is 1. The highest BCUT2D eigenvalue weighted by atomic mass is 16.1. The lowest BCUT2D eigenvalue weighted by molar-refractivity contribution is 0.776. The summed E-state index contributed by atoms with van der Waals surface area (Å²) < 4.78 is 1.78. The third-order valence-corrected chi connectivity index (χ3v) is 5.75. The van der Waals surface area contributed by atoms with Crippen LogP contribution in [-0.4, -0.2) is 14.8 Å². The predicted octanol–water partition coefficient (Wildman–Crippen LogP) is 4.08. The summed E-state index contributed by atoms with van der Waals surface area (Å²) >= 11 is 0. The average Bonchev–Trinajstić information content (AvgIpc) is 3.19. The number of H-pyrrole nitrogens is 1. The van der Waals surface area contributed by atoms with Gasteiger partial charge in [0.15, 0.2) is 0 Å². The molecule has 0 saturated carbocycles. The lowest BCUT2D eigenvalue weighted by atomic mass is 9.93. The molecule has 3 aromatic carbocycles. The van der Waals surface area contributed by atoms with E-state index in [1.54, 1.807) is 17.1 Å². The van der Waals surface area contributed by atoms with Crippen molar-refractivity contribution in [1.82, 2.24) is 14.8 Å². The van der Waals surface area contributed by atoms with Crippen molar-refractivity contribution in [1.29, 1.82) is 5.26 Å². The lowest BCUT2D eigenvalue weighted by Gasteiger charge is -2.12. The molecule has 0 aliphatic carbocycles. The smallest absolute Gasteiger partial charge is 0.255 e. The summed E-state index contributed by atoms with van der Waals surface area (Å²) in [6, 6.07) is 19.9. The molecule has 6 heteroatoms. The molecule has 0 bridgehead atoms. The van der Waals surface area contributed by atoms with Gasteiger partial charge in [-0.3, -0.25) is 9.48 Å². The number of fused-ring (bicyclic) bond motifs is 2. The van der Waals surface area contributed by atoms with E-state index in [1.165, 1.54) is 0 Å². The summed E-state index contributed by atoms with van der Waals surface area (Å²) in [6.07, 6.45) is 3.46. The fourth-order valence-electron chi connectivity index (χ4n) is 4.21. The van der Waals surface area contributed by atoms with Crippen molar-refractivity contribution in [2.75, 3.05) is 0 Å². The van der Waals surface area contributed by atoms with E-state index in [-0.39, 0.29) is 5.56 Å². The Kier molecular flexibility index (Phi) is 4.39. The van der Waals surface area contributed by atoms with Crippen LogP contribution < -0.4 is 11.3 Å². The molecule has 0 aliphatic heterocycles. The minimum absolute atomic E-state index is 0.147. The Morgan fingerprint density at radius 1 is 1.06 bits per heavy atom. The summed E-state index contributed by atoms with van der Waals surface area (Å²) in [5.41, 5.74) is 10.7. The standard InChI is InChI=1S/C25H19N5O/c1-30-24(19-8-6-15-4-2-3-5-18(15)22(19)12-27)23(14-29-30)16-7-9-20-21(10-16)17(11-26)13-28-25(20)31/h2-10,13-14H,11,26H2,1H3,(H,28,31). The molecule has 2 heterocycles. The zero-order chi connectivity index (χ0) is 21.5. The van der Waals surface area contributed by atoms with Gasteiger partial charge in [0, 0.05) is 41.7 Å². The van der Waals surface area contributed by atoms with Crippen LogP contribution in [0.25, 0.3) is 43.9 Å². The molecule has 150 valence electrons. The number of hydrogen-bond donors (Lipinski definition) is 2. The van der Waals surface area contributed by atoms with Gasteiger partial charge >= 0.3 is 0 Å². The first-order valence-electron chi connectivity index (χ1n) is 9.91. The van der Waals surface area contributed by atoms with E-state index in [0.717, 1.165) is 44.1 Å². The topological polar surface area (TPSA) is 100 Å². The highest BCUT2D eigenvalue weighted by molar-refractivity contribution is 5.97. The average molecular weight is 405 g/mol. The molecule has 0 radical (unpaired) electrons. The van der Waals surface area contributed by atoms with Gasteiger partial charge in [0.05, 0.1) is 17.5 Å². The molecule has 0 spiro atoms. The van der Waals surface area contributed by atoms with Gasteiger partial charge in [-0.25, -0.2) is 0 Å². The van der Waals surface area contributed by atoms with Crippen molar-refractivity contribution in [2.45, 2.75) is 6.54 Å². The van der Waals surface area contributed by atoms with Crippen LogP contribution in [0, 0.1) is 11.3 Å². The van der Waals surface area contributed by atoms with Crippen molar-refractivity contribution in [2.24, 2.45) is 12.8 Å². The number of aromatic nitrogens is 3. The van der Waals surface area contributed by atoms with Crippen LogP contribution in [0.5, 0.6) is 0 Å². The number of nitrogens with two attached hydrogens (primary N) is 1. The second kappa shape index (κ2) is 7.24. The number of nitrogens with zero attached hydrogens (tertiary/aromatic N) is 3. The van der Waals surface area contributed by atoms with Gasteiger partial charge in [-0.15, -0.1) is 0 Å². The Morgan fingerprint density at radius 3 is 2.71 bits per heavy atom. The largest absolute Gasteiger partial charge is 0.328 e. The summed E-state index contributed by atoms with van der Waals surface area (Å²) in [5.74, 6) is 0. The Bertz CT molecular complexity index is 1570. The molecule has 5 rings (SSSR count). The zero-order valence-corrected chi connectivity index (χ0v) is 16.9. The molecule has 0 unspecified atom stereocenters. The molecule has 3 N–H and O–H groups in total. The van der Waals surface area contributed by atoms with Gasteiger partial charge in [0.25, 0.3) is 5.56 Å². The fourth-order valence-corrected chi connectivity index (χ4v) is 4.21. The summed E-state index contributed by atoms with van der Waals surface area (Å²) in [7, 11) is 1.87. The number of nitriles is 1. The van der Waals surface area contributed by atoms with Crippen LogP contribution >= 0.6 is 0 Å². The molecule has 0 amide bonds. The first kappa shape index (κ1) is 18.8. The third kappa shape index (κ3) is 2.91. The number of benzene rings is 3. The highest BCUT2D eigenvalue weighted by Crippen LogP contribution is 2.37. The number of nitrogens with one attached hydrogen (secondary N) is 1. The molecular formula is C25H19N5O. The van der Waals surface area contributed by atoms with Crippen LogP contribution in [0.2, 0.25) is 0 Å². The quantitative estimate of drug-likeness (QED) is 0.472. The number of hydrogen-bond acceptors (Lipinski definition) is 4. The van der Waals surface area contributed by atoms with Gasteiger partial charge in [-0.05, 0) is 34.0 Å². The minimum atomic E-state index is -0.147. The Hall–Kier alpha value is -4.21. The Balaban J connectivity index is 1.79. The number of rotatable bonds is 3. The van der Waals surface area contributed by atoms with E-state index >= 15 is 0 Å². The minimum Gasteiger partial charge on any atom is -0.328 e. The summed E-state index contributed by atoms with van der Waals surface area (Å²) in [4.78, 5) is 15.0. The van der Waals surface area contributed by atoms with E-state index in [4.69, 9.17) is 5.73 Å². The fraction of sp³-hybridized carbons (Fsp3) is 0.0800. The molecule has 6 nitrogen and oxygen atoms in total. The second-order valence-corrected chi connectivity index (χ2v) is 7.46. The Morgan fingerprint density at radius 2 is 1.90 bits per heavy atom. The van der Waals surface area contributed by atoms with Crippen molar-refractivity contribution in [3.8, 4) is 28.5 Å². The van der Waals surface area contributed by atoms with Gasteiger partial charge in [0.2, 0.25) is 0 Å². The SMILES string of the molecule is Cn1ncc(-c2ccc3c(=O)[nH]cc(CN)c3c2)c1-c1ccc2ccccc2c1C#N. The third-order valence-electron chi connectivity index (χ3n) is 5.75. The molecule has 0 fully saturated rings. The van der Waals surface area contributed by atoms with Crippen molar-refractivity contribution < 1.29 is 0 Å². The van der Waals surface area contributed by atoms with E-state index in [1.807, 2.05) is 61.6 Å². The maximum absolute atomic E-state index is 12.2. The molecule has 2 aromatic heterocycles. The van der Waals surface area contributed by atoms with E-state index in [0.29, 0.717) is 17.5 Å². The molecular weight excluding hydrogens is 386 g/mol. The first-order valence-corrected chi connectivity index (χ1v) is 9.91. The van der Waals surface area contributed by atoms with Crippen LogP contribution in [-0.2, 0) is 13.6 Å².